The number of thiophene rings is 1. The van der Waals surface area contributed by atoms with E-state index in [0.29, 0.717) is 9.21 Å². The summed E-state index contributed by atoms with van der Waals surface area (Å²) >= 11 is 6.98. The van der Waals surface area contributed by atoms with Gasteiger partial charge in [0.2, 0.25) is 5.91 Å². The molecule has 2 amide bonds. The second kappa shape index (κ2) is 5.71. The predicted octanol–water partition coefficient (Wildman–Crippen LogP) is 2.39. The Balaban J connectivity index is 2.58. The van der Waals surface area contributed by atoms with Crippen LogP contribution in [0.3, 0.4) is 0 Å². The highest BCUT2D eigenvalue weighted by molar-refractivity contribution is 7.17. The van der Waals surface area contributed by atoms with Gasteiger partial charge in [-0.2, -0.15) is 0 Å². The molecule has 4 nitrogen and oxygen atoms in total. The zero-order valence-electron chi connectivity index (χ0n) is 10.9. The lowest BCUT2D eigenvalue weighted by Gasteiger charge is -2.23. The van der Waals surface area contributed by atoms with Crippen molar-refractivity contribution in [2.45, 2.75) is 26.3 Å². The van der Waals surface area contributed by atoms with Crippen molar-refractivity contribution in [2.24, 2.45) is 0 Å². The van der Waals surface area contributed by atoms with Crippen LogP contribution in [-0.4, -0.2) is 35.8 Å². The Kier molecular flexibility index (Phi) is 4.76. The molecule has 100 valence electrons. The number of amides is 2. The maximum atomic E-state index is 12.0. The molecule has 0 saturated carbocycles. The highest BCUT2D eigenvalue weighted by Crippen LogP contribution is 2.22. The van der Waals surface area contributed by atoms with Crippen LogP contribution >= 0.6 is 22.9 Å². The fourth-order valence-electron chi connectivity index (χ4n) is 1.36. The van der Waals surface area contributed by atoms with Crippen molar-refractivity contribution in [3.8, 4) is 0 Å². The van der Waals surface area contributed by atoms with Gasteiger partial charge in [0.1, 0.15) is 0 Å². The summed E-state index contributed by atoms with van der Waals surface area (Å²) < 4.78 is 0.561. The monoisotopic (exact) mass is 288 g/mol. The lowest BCUT2D eigenvalue weighted by Crippen LogP contribution is -2.46. The lowest BCUT2D eigenvalue weighted by molar-refractivity contribution is -0.122. The molecule has 0 aliphatic carbocycles. The van der Waals surface area contributed by atoms with Crippen LogP contribution in [0.5, 0.6) is 0 Å². The van der Waals surface area contributed by atoms with E-state index in [0.717, 1.165) is 0 Å². The zero-order chi connectivity index (χ0) is 13.9. The van der Waals surface area contributed by atoms with Crippen LogP contribution in [-0.2, 0) is 4.79 Å². The topological polar surface area (TPSA) is 49.4 Å². The minimum absolute atomic E-state index is 0.0334. The quantitative estimate of drug-likeness (QED) is 0.928. The van der Waals surface area contributed by atoms with E-state index in [1.807, 2.05) is 20.8 Å². The van der Waals surface area contributed by atoms with E-state index in [9.17, 15) is 9.59 Å². The van der Waals surface area contributed by atoms with Gasteiger partial charge in [-0.3, -0.25) is 9.59 Å². The molecule has 0 aliphatic rings. The third-order valence-electron chi connectivity index (χ3n) is 2.03. The number of carbonyl (C=O) groups excluding carboxylic acids is 2. The number of halogens is 1. The first-order valence-corrected chi connectivity index (χ1v) is 6.70. The van der Waals surface area contributed by atoms with Gasteiger partial charge in [0, 0.05) is 12.6 Å². The van der Waals surface area contributed by atoms with Crippen molar-refractivity contribution in [3.05, 3.63) is 21.3 Å². The van der Waals surface area contributed by atoms with Gasteiger partial charge in [-0.05, 0) is 32.9 Å². The van der Waals surface area contributed by atoms with Gasteiger partial charge < -0.3 is 10.2 Å². The molecule has 0 atom stereocenters. The molecule has 6 heteroatoms. The van der Waals surface area contributed by atoms with E-state index in [2.05, 4.69) is 5.32 Å². The molecule has 1 heterocycles. The minimum atomic E-state index is -0.298. The average Bonchev–Trinajstić information content (AvgIpc) is 2.60. The Bertz CT molecular complexity index is 451. The largest absolute Gasteiger partial charge is 0.350 e. The number of nitrogens with one attached hydrogen (secondary N) is 1. The van der Waals surface area contributed by atoms with E-state index < -0.39 is 0 Å². The van der Waals surface area contributed by atoms with Crippen LogP contribution < -0.4 is 5.32 Å². The van der Waals surface area contributed by atoms with Crippen LogP contribution in [0.2, 0.25) is 4.34 Å². The van der Waals surface area contributed by atoms with Gasteiger partial charge in [-0.1, -0.05) is 11.6 Å². The maximum Gasteiger partial charge on any atom is 0.264 e. The normalized spacial score (nSPS) is 11.2. The Morgan fingerprint density at radius 3 is 2.44 bits per heavy atom. The molecule has 0 bridgehead atoms. The first-order chi connectivity index (χ1) is 8.19. The average molecular weight is 289 g/mol. The van der Waals surface area contributed by atoms with Crippen molar-refractivity contribution < 1.29 is 9.59 Å². The van der Waals surface area contributed by atoms with E-state index >= 15 is 0 Å². The van der Waals surface area contributed by atoms with Crippen LogP contribution in [0.4, 0.5) is 0 Å². The summed E-state index contributed by atoms with van der Waals surface area (Å²) in [6.45, 7) is 5.72. The summed E-state index contributed by atoms with van der Waals surface area (Å²) in [5, 5.41) is 2.81. The summed E-state index contributed by atoms with van der Waals surface area (Å²) in [6.07, 6.45) is 0. The Morgan fingerprint density at radius 1 is 1.39 bits per heavy atom. The van der Waals surface area contributed by atoms with Gasteiger partial charge in [-0.25, -0.2) is 0 Å². The third-order valence-corrected chi connectivity index (χ3v) is 3.25. The van der Waals surface area contributed by atoms with E-state index in [4.69, 9.17) is 11.6 Å². The van der Waals surface area contributed by atoms with Gasteiger partial charge in [-0.15, -0.1) is 11.3 Å². The van der Waals surface area contributed by atoms with Crippen LogP contribution in [0.1, 0.15) is 30.4 Å². The number of carbonyl (C=O) groups is 2. The van der Waals surface area contributed by atoms with Gasteiger partial charge in [0.15, 0.2) is 0 Å². The van der Waals surface area contributed by atoms with E-state index in [1.165, 1.54) is 16.2 Å². The van der Waals surface area contributed by atoms with Gasteiger partial charge in [0.25, 0.3) is 5.91 Å². The van der Waals surface area contributed by atoms with Crippen molar-refractivity contribution in [1.29, 1.82) is 0 Å². The molecule has 1 aromatic rings. The van der Waals surface area contributed by atoms with Crippen LogP contribution in [0.15, 0.2) is 12.1 Å². The first kappa shape index (κ1) is 15.0. The molecule has 1 rings (SSSR count). The molecule has 0 saturated heterocycles. The molecule has 1 N–H and O–H groups in total. The molecule has 1 aromatic heterocycles. The minimum Gasteiger partial charge on any atom is -0.350 e. The maximum absolute atomic E-state index is 12.0. The standard InChI is InChI=1S/C12H17ClN2O2S/c1-12(2,3)14-10(16)7-15(4)11(17)8-5-6-9(13)18-8/h5-6H,7H2,1-4H3,(H,14,16). The number of rotatable bonds is 3. The molecular weight excluding hydrogens is 272 g/mol. The fraction of sp³-hybridized carbons (Fsp3) is 0.500. The number of nitrogens with zero attached hydrogens (tertiary/aromatic N) is 1. The van der Waals surface area contributed by atoms with Crippen molar-refractivity contribution >= 4 is 34.8 Å². The predicted molar refractivity (Wildman–Crippen MR) is 74.2 cm³/mol. The number of hydrogen-bond donors (Lipinski definition) is 1. The van der Waals surface area contributed by atoms with E-state index in [1.54, 1.807) is 19.2 Å². The summed E-state index contributed by atoms with van der Waals surface area (Å²) in [5.41, 5.74) is -0.298. The van der Waals surface area contributed by atoms with Crippen LogP contribution in [0.25, 0.3) is 0 Å². The van der Waals surface area contributed by atoms with Crippen LogP contribution in [0, 0.1) is 0 Å². The smallest absolute Gasteiger partial charge is 0.264 e. The molecule has 0 aromatic carbocycles. The summed E-state index contributed by atoms with van der Waals surface area (Å²) in [5.74, 6) is -0.378. The molecule has 18 heavy (non-hydrogen) atoms. The Morgan fingerprint density at radius 2 is 2.00 bits per heavy atom. The molecule has 0 aliphatic heterocycles. The molecular formula is C12H17ClN2O2S. The Labute approximate surface area is 116 Å². The highest BCUT2D eigenvalue weighted by Gasteiger charge is 2.19. The van der Waals surface area contributed by atoms with Gasteiger partial charge >= 0.3 is 0 Å². The highest BCUT2D eigenvalue weighted by atomic mass is 35.5. The molecule has 0 spiro atoms. The summed E-state index contributed by atoms with van der Waals surface area (Å²) in [6, 6.07) is 3.33. The Hall–Kier alpha value is -1.07. The molecule has 0 radical (unpaired) electrons. The van der Waals surface area contributed by atoms with Crippen molar-refractivity contribution in [2.75, 3.05) is 13.6 Å². The first-order valence-electron chi connectivity index (χ1n) is 5.51. The number of likely N-dealkylation sites (N-methyl/N-ethyl adjacent to an activating group) is 1. The second-order valence-electron chi connectivity index (χ2n) is 5.06. The van der Waals surface area contributed by atoms with E-state index in [-0.39, 0.29) is 23.9 Å². The summed E-state index contributed by atoms with van der Waals surface area (Å²) in [4.78, 5) is 25.6. The molecule has 0 fully saturated rings. The van der Waals surface area contributed by atoms with Crippen molar-refractivity contribution in [3.63, 3.8) is 0 Å². The summed E-state index contributed by atoms with van der Waals surface area (Å²) in [7, 11) is 1.60. The second-order valence-corrected chi connectivity index (χ2v) is 6.78. The number of hydrogen-bond acceptors (Lipinski definition) is 3. The lowest BCUT2D eigenvalue weighted by atomic mass is 10.1. The third kappa shape index (κ3) is 4.66. The SMILES string of the molecule is CN(CC(=O)NC(C)(C)C)C(=O)c1ccc(Cl)s1. The van der Waals surface area contributed by atoms with Gasteiger partial charge in [0.05, 0.1) is 15.8 Å². The fourth-order valence-corrected chi connectivity index (χ4v) is 2.40. The zero-order valence-corrected chi connectivity index (χ0v) is 12.5. The van der Waals surface area contributed by atoms with Crippen molar-refractivity contribution in [1.82, 2.24) is 10.2 Å². The molecule has 0 unspecified atom stereocenters.